The smallest absolute Gasteiger partial charge is 0.368 e. The van der Waals surface area contributed by atoms with Crippen LogP contribution in [0.4, 0.5) is 19.1 Å². The maximum atomic E-state index is 12.1. The van der Waals surface area contributed by atoms with Crippen LogP contribution in [0.15, 0.2) is 10.7 Å². The molecule has 0 spiro atoms. The molecule has 1 aromatic rings. The van der Waals surface area contributed by atoms with E-state index < -0.39 is 17.8 Å². The molecule has 12 heavy (non-hydrogen) atoms. The van der Waals surface area contributed by atoms with E-state index in [0.717, 1.165) is 6.20 Å². The minimum atomic E-state index is -4.50. The van der Waals surface area contributed by atoms with Gasteiger partial charge in [-0.1, -0.05) is 0 Å². The maximum absolute atomic E-state index is 12.1. The van der Waals surface area contributed by atoms with E-state index in [0.29, 0.717) is 0 Å². The van der Waals surface area contributed by atoms with Gasteiger partial charge in [-0.25, -0.2) is 9.97 Å². The third-order valence-electron chi connectivity index (χ3n) is 1.03. The van der Waals surface area contributed by atoms with Crippen LogP contribution in [0.25, 0.3) is 0 Å². The van der Waals surface area contributed by atoms with Crippen LogP contribution in [0.3, 0.4) is 0 Å². The van der Waals surface area contributed by atoms with Gasteiger partial charge in [0.15, 0.2) is 5.69 Å². The summed E-state index contributed by atoms with van der Waals surface area (Å²) in [6.45, 7) is 0. The highest BCUT2D eigenvalue weighted by Crippen LogP contribution is 2.32. The molecule has 3 nitrogen and oxygen atoms in total. The van der Waals surface area contributed by atoms with Gasteiger partial charge in [0.25, 0.3) is 0 Å². The lowest BCUT2D eigenvalue weighted by Crippen LogP contribution is -2.11. The van der Waals surface area contributed by atoms with E-state index in [-0.39, 0.29) is 4.47 Å². The minimum absolute atomic E-state index is 0.218. The second kappa shape index (κ2) is 2.89. The molecule has 0 aliphatic carbocycles. The van der Waals surface area contributed by atoms with Crippen LogP contribution in [0.5, 0.6) is 0 Å². The fraction of sp³-hybridized carbons (Fsp3) is 0.200. The van der Waals surface area contributed by atoms with Crippen LogP contribution in [0.1, 0.15) is 5.69 Å². The van der Waals surface area contributed by atoms with Crippen molar-refractivity contribution in [3.05, 3.63) is 16.4 Å². The Hall–Kier alpha value is -0.850. The maximum Gasteiger partial charge on any atom is 0.434 e. The average Bonchev–Trinajstić information content (AvgIpc) is 1.92. The van der Waals surface area contributed by atoms with Gasteiger partial charge >= 0.3 is 6.18 Å². The fourth-order valence-electron chi connectivity index (χ4n) is 0.580. The first-order valence-corrected chi connectivity index (χ1v) is 3.56. The van der Waals surface area contributed by atoms with Crippen LogP contribution in [0.2, 0.25) is 0 Å². The van der Waals surface area contributed by atoms with Gasteiger partial charge in [-0.2, -0.15) is 13.2 Å². The van der Waals surface area contributed by atoms with Crippen molar-refractivity contribution in [1.82, 2.24) is 9.97 Å². The lowest BCUT2D eigenvalue weighted by atomic mass is 10.4. The van der Waals surface area contributed by atoms with Crippen molar-refractivity contribution in [1.29, 1.82) is 0 Å². The van der Waals surface area contributed by atoms with Crippen molar-refractivity contribution >= 4 is 21.9 Å². The molecule has 0 saturated carbocycles. The second-order valence-electron chi connectivity index (χ2n) is 1.92. The summed E-state index contributed by atoms with van der Waals surface area (Å²) < 4.78 is 35.9. The SMILES string of the molecule is Nc1ncc(Br)c(C(F)(F)F)n1. The normalized spacial score (nSPS) is 11.7. The monoisotopic (exact) mass is 241 g/mol. The van der Waals surface area contributed by atoms with Crippen molar-refractivity contribution < 1.29 is 13.2 Å². The van der Waals surface area contributed by atoms with Crippen molar-refractivity contribution in [2.45, 2.75) is 6.18 Å². The lowest BCUT2D eigenvalue weighted by Gasteiger charge is -2.06. The zero-order chi connectivity index (χ0) is 9.35. The van der Waals surface area contributed by atoms with Gasteiger partial charge in [0.2, 0.25) is 5.95 Å². The summed E-state index contributed by atoms with van der Waals surface area (Å²) in [6.07, 6.45) is -3.54. The summed E-state index contributed by atoms with van der Waals surface area (Å²) in [5.74, 6) is -0.398. The molecule has 0 unspecified atom stereocenters. The molecule has 2 N–H and O–H groups in total. The third-order valence-corrected chi connectivity index (χ3v) is 1.61. The van der Waals surface area contributed by atoms with Crippen LogP contribution in [0, 0.1) is 0 Å². The molecule has 0 bridgehead atoms. The van der Waals surface area contributed by atoms with E-state index in [9.17, 15) is 13.2 Å². The third kappa shape index (κ3) is 1.84. The predicted octanol–water partition coefficient (Wildman–Crippen LogP) is 1.84. The van der Waals surface area contributed by atoms with E-state index in [1.54, 1.807) is 0 Å². The first-order valence-electron chi connectivity index (χ1n) is 2.76. The number of hydrogen-bond donors (Lipinski definition) is 1. The average molecular weight is 242 g/mol. The summed E-state index contributed by atoms with van der Waals surface area (Å²) in [5.41, 5.74) is 3.92. The highest BCUT2D eigenvalue weighted by molar-refractivity contribution is 9.10. The van der Waals surface area contributed by atoms with E-state index in [4.69, 9.17) is 5.73 Å². The first-order chi connectivity index (χ1) is 5.41. The van der Waals surface area contributed by atoms with Crippen molar-refractivity contribution in [2.24, 2.45) is 0 Å². The van der Waals surface area contributed by atoms with Gasteiger partial charge in [0, 0.05) is 6.20 Å². The molecule has 0 radical (unpaired) electrons. The number of anilines is 1. The number of halogens is 4. The van der Waals surface area contributed by atoms with Crippen LogP contribution < -0.4 is 5.73 Å². The number of rotatable bonds is 0. The summed E-state index contributed by atoms with van der Waals surface area (Å²) in [7, 11) is 0. The Bertz CT molecular complexity index is 298. The number of nitrogens with zero attached hydrogens (tertiary/aromatic N) is 2. The number of alkyl halides is 3. The van der Waals surface area contributed by atoms with Crippen LogP contribution in [-0.2, 0) is 6.18 Å². The van der Waals surface area contributed by atoms with Gasteiger partial charge < -0.3 is 5.73 Å². The van der Waals surface area contributed by atoms with Gasteiger partial charge in [-0.3, -0.25) is 0 Å². The van der Waals surface area contributed by atoms with E-state index in [1.165, 1.54) is 0 Å². The minimum Gasteiger partial charge on any atom is -0.368 e. The van der Waals surface area contributed by atoms with Crippen molar-refractivity contribution in [3.63, 3.8) is 0 Å². The van der Waals surface area contributed by atoms with Gasteiger partial charge in [0.1, 0.15) is 0 Å². The van der Waals surface area contributed by atoms with E-state index in [2.05, 4.69) is 25.9 Å². The zero-order valence-corrected chi connectivity index (χ0v) is 7.15. The van der Waals surface area contributed by atoms with Crippen LogP contribution >= 0.6 is 15.9 Å². The summed E-state index contributed by atoms with van der Waals surface area (Å²) in [4.78, 5) is 6.41. The molecule has 1 aromatic heterocycles. The molecule has 7 heteroatoms. The molecule has 0 aliphatic rings. The Morgan fingerprint density at radius 2 is 2.00 bits per heavy atom. The second-order valence-corrected chi connectivity index (χ2v) is 2.78. The molecule has 0 atom stereocenters. The Morgan fingerprint density at radius 3 is 2.42 bits per heavy atom. The standard InChI is InChI=1S/C5H3BrF3N3/c6-2-1-11-4(10)12-3(2)5(7,8)9/h1H,(H2,10,11,12). The quantitative estimate of drug-likeness (QED) is 0.755. The molecule has 0 fully saturated rings. The first kappa shape index (κ1) is 9.24. The van der Waals surface area contributed by atoms with Gasteiger partial charge in [-0.05, 0) is 15.9 Å². The molecule has 0 amide bonds. The number of aromatic nitrogens is 2. The Morgan fingerprint density at radius 1 is 1.42 bits per heavy atom. The number of nitrogens with two attached hydrogens (primary N) is 1. The number of nitrogen functional groups attached to an aromatic ring is 1. The predicted molar refractivity (Wildman–Crippen MR) is 39.1 cm³/mol. The van der Waals surface area contributed by atoms with Gasteiger partial charge in [0.05, 0.1) is 4.47 Å². The number of hydrogen-bond acceptors (Lipinski definition) is 3. The van der Waals surface area contributed by atoms with Crippen molar-refractivity contribution in [3.8, 4) is 0 Å². The lowest BCUT2D eigenvalue weighted by molar-refractivity contribution is -0.141. The molecular formula is C5H3BrF3N3. The fourth-order valence-corrected chi connectivity index (χ4v) is 0.995. The summed E-state index contributed by atoms with van der Waals surface area (Å²) >= 11 is 2.67. The molecule has 1 rings (SSSR count). The molecule has 0 aliphatic heterocycles. The Balaban J connectivity index is 3.23. The van der Waals surface area contributed by atoms with E-state index in [1.807, 2.05) is 0 Å². The molecule has 0 saturated heterocycles. The van der Waals surface area contributed by atoms with E-state index >= 15 is 0 Å². The largest absolute Gasteiger partial charge is 0.434 e. The Kier molecular flexibility index (Phi) is 2.22. The summed E-state index contributed by atoms with van der Waals surface area (Å²) in [6, 6.07) is 0. The van der Waals surface area contributed by atoms with Crippen molar-refractivity contribution in [2.75, 3.05) is 5.73 Å². The highest BCUT2D eigenvalue weighted by atomic mass is 79.9. The van der Waals surface area contributed by atoms with Gasteiger partial charge in [-0.15, -0.1) is 0 Å². The molecule has 1 heterocycles. The molecular weight excluding hydrogens is 239 g/mol. The Labute approximate surface area is 73.9 Å². The topological polar surface area (TPSA) is 51.8 Å². The highest BCUT2D eigenvalue weighted by Gasteiger charge is 2.35. The molecule has 66 valence electrons. The summed E-state index contributed by atoms with van der Waals surface area (Å²) in [5, 5.41) is 0. The zero-order valence-electron chi connectivity index (χ0n) is 5.56. The van der Waals surface area contributed by atoms with Crippen LogP contribution in [-0.4, -0.2) is 9.97 Å². The molecule has 0 aromatic carbocycles.